The second kappa shape index (κ2) is 6.85. The summed E-state index contributed by atoms with van der Waals surface area (Å²) in [6.07, 6.45) is 4.00. The minimum atomic E-state index is 0.733. The molecule has 0 saturated heterocycles. The van der Waals surface area contributed by atoms with E-state index in [4.69, 9.17) is 0 Å². The molecule has 0 bridgehead atoms. The number of nitrogens with zero attached hydrogens (tertiary/aromatic N) is 1. The monoisotopic (exact) mass is 224 g/mol. The molecule has 0 aromatic carbocycles. The van der Waals surface area contributed by atoms with Crippen molar-refractivity contribution in [3.63, 3.8) is 0 Å². The van der Waals surface area contributed by atoms with Crippen molar-refractivity contribution in [1.82, 2.24) is 10.3 Å². The molecule has 0 amide bonds. The van der Waals surface area contributed by atoms with Gasteiger partial charge in [0.25, 0.3) is 0 Å². The van der Waals surface area contributed by atoms with Gasteiger partial charge in [0.1, 0.15) is 0 Å². The molecule has 1 N–H and O–H groups in total. The van der Waals surface area contributed by atoms with Gasteiger partial charge in [-0.1, -0.05) is 13.0 Å². The molecule has 1 unspecified atom stereocenters. The fourth-order valence-electron chi connectivity index (χ4n) is 1.50. The molecule has 0 spiro atoms. The lowest BCUT2D eigenvalue weighted by Gasteiger charge is -2.11. The van der Waals surface area contributed by atoms with Gasteiger partial charge in [-0.25, -0.2) is 0 Å². The van der Waals surface area contributed by atoms with E-state index in [9.17, 15) is 0 Å². The van der Waals surface area contributed by atoms with E-state index in [1.807, 2.05) is 24.0 Å². The highest BCUT2D eigenvalue weighted by atomic mass is 32.2. The number of thioether (sulfide) groups is 1. The Morgan fingerprint density at radius 3 is 3.00 bits per heavy atom. The number of aromatic nitrogens is 1. The van der Waals surface area contributed by atoms with Crippen molar-refractivity contribution in [2.75, 3.05) is 18.6 Å². The summed E-state index contributed by atoms with van der Waals surface area (Å²) in [5, 5.41) is 3.47. The van der Waals surface area contributed by atoms with Crippen LogP contribution in [0.5, 0.6) is 0 Å². The largest absolute Gasteiger partial charge is 0.312 e. The van der Waals surface area contributed by atoms with E-state index in [-0.39, 0.29) is 0 Å². The van der Waals surface area contributed by atoms with Crippen LogP contribution in [0, 0.1) is 12.8 Å². The number of aryl methyl sites for hydroxylation is 1. The van der Waals surface area contributed by atoms with Crippen LogP contribution in [0.2, 0.25) is 0 Å². The molecule has 0 fully saturated rings. The average molecular weight is 224 g/mol. The first-order valence-electron chi connectivity index (χ1n) is 5.34. The average Bonchev–Trinajstić information content (AvgIpc) is 2.21. The topological polar surface area (TPSA) is 24.9 Å². The lowest BCUT2D eigenvalue weighted by molar-refractivity contribution is 0.558. The second-order valence-electron chi connectivity index (χ2n) is 3.94. The van der Waals surface area contributed by atoms with Crippen LogP contribution in [0.1, 0.15) is 18.2 Å². The highest BCUT2D eigenvalue weighted by Crippen LogP contribution is 2.05. The highest BCUT2D eigenvalue weighted by molar-refractivity contribution is 7.98. The maximum atomic E-state index is 4.27. The number of nitrogens with one attached hydrogen (secondary N) is 1. The maximum absolute atomic E-state index is 4.27. The van der Waals surface area contributed by atoms with Crippen molar-refractivity contribution in [2.45, 2.75) is 20.4 Å². The molecule has 1 rings (SSSR count). The summed E-state index contributed by atoms with van der Waals surface area (Å²) in [5.74, 6) is 1.95. The van der Waals surface area contributed by atoms with Crippen LogP contribution in [-0.2, 0) is 6.54 Å². The zero-order valence-corrected chi connectivity index (χ0v) is 10.6. The lowest BCUT2D eigenvalue weighted by atomic mass is 10.2. The van der Waals surface area contributed by atoms with Gasteiger partial charge in [0, 0.05) is 18.4 Å². The molecular weight excluding hydrogens is 204 g/mol. The summed E-state index contributed by atoms with van der Waals surface area (Å²) in [4.78, 5) is 4.27. The summed E-state index contributed by atoms with van der Waals surface area (Å²) < 4.78 is 0. The Morgan fingerprint density at radius 1 is 1.53 bits per heavy atom. The Hall–Kier alpha value is -0.540. The minimum absolute atomic E-state index is 0.733. The van der Waals surface area contributed by atoms with Crippen molar-refractivity contribution in [3.05, 3.63) is 29.6 Å². The predicted molar refractivity (Wildman–Crippen MR) is 68.2 cm³/mol. The molecule has 1 aromatic heterocycles. The van der Waals surface area contributed by atoms with Crippen LogP contribution >= 0.6 is 11.8 Å². The van der Waals surface area contributed by atoms with Crippen LogP contribution in [0.15, 0.2) is 18.3 Å². The number of hydrogen-bond donors (Lipinski definition) is 1. The fourth-order valence-corrected chi connectivity index (χ4v) is 2.19. The van der Waals surface area contributed by atoms with Gasteiger partial charge in [0.05, 0.1) is 0 Å². The summed E-state index contributed by atoms with van der Waals surface area (Å²) >= 11 is 1.91. The summed E-state index contributed by atoms with van der Waals surface area (Å²) in [6, 6.07) is 4.13. The molecule has 3 heteroatoms. The lowest BCUT2D eigenvalue weighted by Crippen LogP contribution is -2.22. The van der Waals surface area contributed by atoms with Crippen LogP contribution in [0.4, 0.5) is 0 Å². The second-order valence-corrected chi connectivity index (χ2v) is 4.85. The SMILES string of the molecule is CSCC(C)CNCc1cccnc1C. The number of pyridine rings is 1. The van der Waals surface area contributed by atoms with Gasteiger partial charge in [0.2, 0.25) is 0 Å². The Balaban J connectivity index is 2.29. The molecular formula is C12H20N2S. The molecule has 84 valence electrons. The van der Waals surface area contributed by atoms with Gasteiger partial charge in [-0.3, -0.25) is 4.98 Å². The van der Waals surface area contributed by atoms with Crippen LogP contribution in [0.3, 0.4) is 0 Å². The Labute approximate surface area is 96.9 Å². The van der Waals surface area contributed by atoms with Gasteiger partial charge in [-0.15, -0.1) is 0 Å². The first kappa shape index (κ1) is 12.5. The van der Waals surface area contributed by atoms with Gasteiger partial charge >= 0.3 is 0 Å². The van der Waals surface area contributed by atoms with E-state index < -0.39 is 0 Å². The third kappa shape index (κ3) is 4.67. The fraction of sp³-hybridized carbons (Fsp3) is 0.583. The third-order valence-electron chi connectivity index (χ3n) is 2.38. The number of hydrogen-bond acceptors (Lipinski definition) is 3. The minimum Gasteiger partial charge on any atom is -0.312 e. The molecule has 1 heterocycles. The summed E-state index contributed by atoms with van der Waals surface area (Å²) in [6.45, 7) is 6.34. The zero-order valence-electron chi connectivity index (χ0n) is 9.79. The molecule has 0 radical (unpaired) electrons. The van der Waals surface area contributed by atoms with Crippen LogP contribution in [0.25, 0.3) is 0 Å². The third-order valence-corrected chi connectivity index (χ3v) is 3.28. The molecule has 1 aromatic rings. The van der Waals surface area contributed by atoms with Gasteiger partial charge in [0.15, 0.2) is 0 Å². The van der Waals surface area contributed by atoms with Crippen molar-refractivity contribution in [1.29, 1.82) is 0 Å². The molecule has 0 aliphatic heterocycles. The Kier molecular flexibility index (Phi) is 5.73. The highest BCUT2D eigenvalue weighted by Gasteiger charge is 2.01. The summed E-state index contributed by atoms with van der Waals surface area (Å²) in [7, 11) is 0. The number of rotatable bonds is 6. The standard InChI is InChI=1S/C12H20N2S/c1-10(9-15-3)7-13-8-12-5-4-6-14-11(12)2/h4-6,10,13H,7-9H2,1-3H3. The van der Waals surface area contributed by atoms with Crippen molar-refractivity contribution >= 4 is 11.8 Å². The molecule has 15 heavy (non-hydrogen) atoms. The smallest absolute Gasteiger partial charge is 0.0417 e. The maximum Gasteiger partial charge on any atom is 0.0417 e. The molecule has 2 nitrogen and oxygen atoms in total. The molecule has 1 atom stereocenters. The first-order chi connectivity index (χ1) is 7.24. The van der Waals surface area contributed by atoms with Crippen molar-refractivity contribution < 1.29 is 0 Å². The van der Waals surface area contributed by atoms with Crippen LogP contribution in [-0.4, -0.2) is 23.5 Å². The van der Waals surface area contributed by atoms with E-state index in [1.165, 1.54) is 11.3 Å². The summed E-state index contributed by atoms with van der Waals surface area (Å²) in [5.41, 5.74) is 2.43. The van der Waals surface area contributed by atoms with Crippen molar-refractivity contribution in [2.24, 2.45) is 5.92 Å². The first-order valence-corrected chi connectivity index (χ1v) is 6.73. The van der Waals surface area contributed by atoms with Gasteiger partial charge < -0.3 is 5.32 Å². The molecule has 0 aliphatic carbocycles. The van der Waals surface area contributed by atoms with Gasteiger partial charge in [-0.05, 0) is 43.0 Å². The van der Waals surface area contributed by atoms with E-state index in [1.54, 1.807) is 0 Å². The van der Waals surface area contributed by atoms with E-state index in [2.05, 4.69) is 36.5 Å². The normalized spacial score (nSPS) is 12.7. The van der Waals surface area contributed by atoms with Crippen molar-refractivity contribution in [3.8, 4) is 0 Å². The quantitative estimate of drug-likeness (QED) is 0.803. The Morgan fingerprint density at radius 2 is 2.33 bits per heavy atom. The van der Waals surface area contributed by atoms with E-state index in [0.29, 0.717) is 0 Å². The van der Waals surface area contributed by atoms with Gasteiger partial charge in [-0.2, -0.15) is 11.8 Å². The van der Waals surface area contributed by atoms with E-state index in [0.717, 1.165) is 24.7 Å². The van der Waals surface area contributed by atoms with Crippen LogP contribution < -0.4 is 5.32 Å². The Bertz CT molecular complexity index is 289. The molecule has 0 saturated carbocycles. The van der Waals surface area contributed by atoms with E-state index >= 15 is 0 Å². The zero-order chi connectivity index (χ0) is 11.1. The molecule has 0 aliphatic rings. The predicted octanol–water partition coefficient (Wildman–Crippen LogP) is 2.48.